The maximum atomic E-state index is 14.0. The first kappa shape index (κ1) is 34.4. The van der Waals surface area contributed by atoms with Crippen molar-refractivity contribution in [2.45, 2.75) is 65.2 Å². The molecule has 0 fully saturated rings. The Morgan fingerprint density at radius 2 is 1.76 bits per heavy atom. The van der Waals surface area contributed by atoms with Gasteiger partial charge in [0.25, 0.3) is 5.56 Å². The lowest BCUT2D eigenvalue weighted by Gasteiger charge is -2.26. The quantitative estimate of drug-likeness (QED) is 0.218. The molecule has 0 spiro atoms. The van der Waals surface area contributed by atoms with E-state index in [2.05, 4.69) is 15.4 Å². The van der Waals surface area contributed by atoms with Crippen LogP contribution in [0.4, 0.5) is 13.2 Å². The van der Waals surface area contributed by atoms with Crippen molar-refractivity contribution in [1.29, 1.82) is 0 Å². The van der Waals surface area contributed by atoms with Crippen molar-refractivity contribution >= 4 is 17.5 Å². The summed E-state index contributed by atoms with van der Waals surface area (Å²) in [5.41, 5.74) is 1.99. The molecule has 0 aliphatic rings. The Labute approximate surface area is 264 Å². The fourth-order valence-electron chi connectivity index (χ4n) is 5.62. The molecule has 4 aromatic rings. The zero-order valence-electron chi connectivity index (χ0n) is 26.7. The highest BCUT2D eigenvalue weighted by molar-refractivity contribution is 5.82. The minimum Gasteiger partial charge on any atom is -0.481 e. The monoisotopic (exact) mass is 640 g/mol. The number of halogens is 3. The number of hydrogen-bond acceptors (Lipinski definition) is 6. The van der Waals surface area contributed by atoms with E-state index < -0.39 is 47.7 Å². The van der Waals surface area contributed by atoms with Gasteiger partial charge in [-0.05, 0) is 69.5 Å². The van der Waals surface area contributed by atoms with Gasteiger partial charge in [0, 0.05) is 30.4 Å². The van der Waals surface area contributed by atoms with Crippen molar-refractivity contribution < 1.29 is 27.9 Å². The molecule has 1 aromatic carbocycles. The van der Waals surface area contributed by atoms with E-state index >= 15 is 0 Å². The molecule has 2 N–H and O–H groups in total. The number of nitrogens with one attached hydrogen (secondary N) is 1. The number of carboxylic acids is 1. The molecule has 3 aromatic heterocycles. The van der Waals surface area contributed by atoms with Crippen molar-refractivity contribution in [3.63, 3.8) is 0 Å². The number of carboxylic acid groups (broad SMARTS) is 1. The van der Waals surface area contributed by atoms with Gasteiger partial charge in [-0.2, -0.15) is 18.3 Å². The van der Waals surface area contributed by atoms with Gasteiger partial charge in [-0.25, -0.2) is 9.50 Å². The summed E-state index contributed by atoms with van der Waals surface area (Å²) in [6, 6.07) is 7.37. The minimum absolute atomic E-state index is 0.00381. The number of pyridine rings is 1. The van der Waals surface area contributed by atoms with Gasteiger partial charge in [-0.1, -0.05) is 32.0 Å². The van der Waals surface area contributed by atoms with Crippen LogP contribution in [0.3, 0.4) is 0 Å². The summed E-state index contributed by atoms with van der Waals surface area (Å²) in [5.74, 6) is -2.04. The number of hydrogen-bond donors (Lipinski definition) is 2. The molecule has 10 nitrogen and oxygen atoms in total. The number of likely N-dealkylation sites (N-methyl/N-ethyl adjacent to an activating group) is 1. The molecule has 4 rings (SSSR count). The van der Waals surface area contributed by atoms with Crippen molar-refractivity contribution in [3.05, 3.63) is 87.1 Å². The second-order valence-corrected chi connectivity index (χ2v) is 12.2. The first-order chi connectivity index (χ1) is 21.6. The molecule has 0 radical (unpaired) electrons. The highest BCUT2D eigenvalue weighted by atomic mass is 19.4. The average molecular weight is 641 g/mol. The number of aryl methyl sites for hydroxylation is 2. The van der Waals surface area contributed by atoms with Crippen molar-refractivity contribution in [2.75, 3.05) is 20.6 Å². The Hall–Kier alpha value is -4.52. The van der Waals surface area contributed by atoms with E-state index in [1.807, 2.05) is 45.9 Å². The third-order valence-electron chi connectivity index (χ3n) is 7.80. The molecule has 0 saturated heterocycles. The Morgan fingerprint density at radius 3 is 2.35 bits per heavy atom. The summed E-state index contributed by atoms with van der Waals surface area (Å²) in [7, 11) is 3.45. The van der Waals surface area contributed by atoms with Crippen LogP contribution in [0, 0.1) is 19.8 Å². The number of aliphatic carboxylic acids is 1. The Morgan fingerprint density at radius 1 is 1.09 bits per heavy atom. The predicted molar refractivity (Wildman–Crippen MR) is 167 cm³/mol. The lowest BCUT2D eigenvalue weighted by molar-refractivity contribution is -0.139. The highest BCUT2D eigenvalue weighted by Gasteiger charge is 2.36. The molecule has 2 unspecified atom stereocenters. The highest BCUT2D eigenvalue weighted by Crippen LogP contribution is 2.33. The van der Waals surface area contributed by atoms with Gasteiger partial charge in [-0.15, -0.1) is 0 Å². The fourth-order valence-corrected chi connectivity index (χ4v) is 5.62. The summed E-state index contributed by atoms with van der Waals surface area (Å²) in [6.45, 7) is 7.82. The second-order valence-electron chi connectivity index (χ2n) is 12.2. The molecular weight excluding hydrogens is 601 g/mol. The van der Waals surface area contributed by atoms with Crippen molar-refractivity contribution in [2.24, 2.45) is 5.92 Å². The standard InChI is InChI=1S/C33H39F3N6O4/c1-19(2)14-27(41-18-22(11-13-40(5)6)23(15-29(41)43)33(34,35)36)32(46)39-25(17-30(44)45)24-16-26(42-28(38-24)10-12-37-42)31-20(3)8-7-9-21(31)4/h7-10,12,15-16,18-19,25,27H,11,13-14,17H2,1-6H3,(H,39,46)(H,44,45). The van der Waals surface area contributed by atoms with Crippen LogP contribution >= 0.6 is 0 Å². The molecule has 3 heterocycles. The summed E-state index contributed by atoms with van der Waals surface area (Å²) in [4.78, 5) is 45.6. The average Bonchev–Trinajstić information content (AvgIpc) is 3.43. The van der Waals surface area contributed by atoms with Crippen LogP contribution in [0.15, 0.2) is 53.6 Å². The van der Waals surface area contributed by atoms with Gasteiger partial charge >= 0.3 is 12.1 Å². The zero-order valence-corrected chi connectivity index (χ0v) is 26.7. The number of carbonyl (C=O) groups excluding carboxylic acids is 1. The van der Waals surface area contributed by atoms with Gasteiger partial charge < -0.3 is 19.9 Å². The van der Waals surface area contributed by atoms with Gasteiger partial charge in [0.15, 0.2) is 5.65 Å². The van der Waals surface area contributed by atoms with Crippen LogP contribution in [0.2, 0.25) is 0 Å². The summed E-state index contributed by atoms with van der Waals surface area (Å²) >= 11 is 0. The number of nitrogens with zero attached hydrogens (tertiary/aromatic N) is 5. The third-order valence-corrected chi connectivity index (χ3v) is 7.80. The van der Waals surface area contributed by atoms with Crippen LogP contribution in [0.25, 0.3) is 16.9 Å². The van der Waals surface area contributed by atoms with E-state index in [-0.39, 0.29) is 36.6 Å². The lowest BCUT2D eigenvalue weighted by atomic mass is 9.97. The van der Waals surface area contributed by atoms with E-state index in [0.717, 1.165) is 27.5 Å². The predicted octanol–water partition coefficient (Wildman–Crippen LogP) is 5.22. The number of alkyl halides is 3. The number of rotatable bonds is 12. The molecule has 0 aliphatic carbocycles. The number of amides is 1. The van der Waals surface area contributed by atoms with E-state index in [4.69, 9.17) is 0 Å². The van der Waals surface area contributed by atoms with Gasteiger partial charge in [-0.3, -0.25) is 14.4 Å². The second kappa shape index (κ2) is 13.9. The van der Waals surface area contributed by atoms with Crippen LogP contribution in [-0.2, 0) is 22.2 Å². The van der Waals surface area contributed by atoms with Gasteiger partial charge in [0.2, 0.25) is 5.91 Å². The molecule has 46 heavy (non-hydrogen) atoms. The first-order valence-corrected chi connectivity index (χ1v) is 15.0. The maximum Gasteiger partial charge on any atom is 0.416 e. The number of benzene rings is 1. The molecule has 0 aliphatic heterocycles. The normalized spacial score (nSPS) is 13.4. The fraction of sp³-hybridized carbons (Fsp3) is 0.424. The largest absolute Gasteiger partial charge is 0.481 e. The van der Waals surface area contributed by atoms with E-state index in [0.29, 0.717) is 17.4 Å². The third kappa shape index (κ3) is 7.82. The van der Waals surface area contributed by atoms with Crippen molar-refractivity contribution in [3.8, 4) is 11.3 Å². The lowest BCUT2D eigenvalue weighted by Crippen LogP contribution is -2.41. The van der Waals surface area contributed by atoms with Gasteiger partial charge in [0.1, 0.15) is 6.04 Å². The maximum absolute atomic E-state index is 14.0. The SMILES string of the molecule is Cc1cccc(C)c1-c1cc(C(CC(=O)O)NC(=O)C(CC(C)C)n2cc(CCN(C)C)c(C(F)(F)F)cc2=O)nc2ccnn12. The number of carbonyl (C=O) groups is 2. The molecular formula is C33H39F3N6O4. The minimum atomic E-state index is -4.76. The Kier molecular flexibility index (Phi) is 10.3. The molecule has 246 valence electrons. The van der Waals surface area contributed by atoms with Crippen molar-refractivity contribution in [1.82, 2.24) is 29.4 Å². The topological polar surface area (TPSA) is 122 Å². The summed E-state index contributed by atoms with van der Waals surface area (Å²) in [6.07, 6.45) is -2.49. The summed E-state index contributed by atoms with van der Waals surface area (Å²) < 4.78 is 44.4. The molecule has 0 bridgehead atoms. The number of aromatic nitrogens is 4. The van der Waals surface area contributed by atoms with E-state index in [1.54, 1.807) is 41.8 Å². The van der Waals surface area contributed by atoms with Crippen LogP contribution in [-0.4, -0.2) is 61.7 Å². The Balaban J connectivity index is 1.81. The smallest absolute Gasteiger partial charge is 0.416 e. The van der Waals surface area contributed by atoms with Crippen LogP contribution in [0.5, 0.6) is 0 Å². The van der Waals surface area contributed by atoms with E-state index in [1.165, 1.54) is 0 Å². The zero-order chi connectivity index (χ0) is 33.9. The summed E-state index contributed by atoms with van der Waals surface area (Å²) in [5, 5.41) is 17.0. The molecule has 13 heteroatoms. The Bertz CT molecular complexity index is 1770. The van der Waals surface area contributed by atoms with Crippen LogP contribution in [0.1, 0.15) is 66.7 Å². The van der Waals surface area contributed by atoms with Gasteiger partial charge in [0.05, 0.1) is 35.6 Å². The first-order valence-electron chi connectivity index (χ1n) is 15.0. The molecule has 0 saturated carbocycles. The number of fused-ring (bicyclic) bond motifs is 1. The van der Waals surface area contributed by atoms with Crippen LogP contribution < -0.4 is 10.9 Å². The molecule has 2 atom stereocenters. The molecule has 1 amide bonds. The van der Waals surface area contributed by atoms with E-state index in [9.17, 15) is 32.7 Å².